The molecule has 0 aliphatic rings. The molecule has 8 heteroatoms. The molecule has 0 aromatic heterocycles. The van der Waals surface area contributed by atoms with Crippen LogP contribution in [-0.4, -0.2) is 23.9 Å². The van der Waals surface area contributed by atoms with E-state index >= 15 is 0 Å². The van der Waals surface area contributed by atoms with Crippen molar-refractivity contribution in [2.45, 2.75) is 13.8 Å². The highest BCUT2D eigenvalue weighted by atomic mass is 17.2. The van der Waals surface area contributed by atoms with E-state index in [0.29, 0.717) is 11.1 Å². The zero-order valence-electron chi connectivity index (χ0n) is 14.0. The van der Waals surface area contributed by atoms with Gasteiger partial charge >= 0.3 is 23.9 Å². The lowest BCUT2D eigenvalue weighted by Gasteiger charge is -2.02. The average molecular weight is 360 g/mol. The second-order valence-corrected chi connectivity index (χ2v) is 4.62. The maximum atomic E-state index is 11.5. The van der Waals surface area contributed by atoms with E-state index in [4.69, 9.17) is 0 Å². The quantitative estimate of drug-likeness (QED) is 0.594. The predicted molar refractivity (Wildman–Crippen MR) is 87.2 cm³/mol. The Morgan fingerprint density at radius 3 is 1.12 bits per heavy atom. The molecule has 0 N–H and O–H groups in total. The normalized spacial score (nSPS) is 9.00. The molecule has 8 nitrogen and oxygen atoms in total. The van der Waals surface area contributed by atoms with Gasteiger partial charge in [0.15, 0.2) is 0 Å². The molecule has 0 amide bonds. The highest BCUT2D eigenvalue weighted by Crippen LogP contribution is 2.05. The van der Waals surface area contributed by atoms with Crippen molar-refractivity contribution in [2.24, 2.45) is 0 Å². The van der Waals surface area contributed by atoms with Crippen LogP contribution in [0.1, 0.15) is 34.6 Å². The molecule has 0 bridgehead atoms. The van der Waals surface area contributed by atoms with Crippen molar-refractivity contribution in [3.05, 3.63) is 71.8 Å². The van der Waals surface area contributed by atoms with Crippen molar-refractivity contribution < 1.29 is 38.7 Å². The maximum absolute atomic E-state index is 11.5. The number of rotatable bonds is 2. The number of hydrogen-bond donors (Lipinski definition) is 0. The Hall–Kier alpha value is -3.68. The Morgan fingerprint density at radius 1 is 0.538 bits per heavy atom. The van der Waals surface area contributed by atoms with Crippen LogP contribution in [-0.2, 0) is 29.1 Å². The number of carbonyl (C=O) groups excluding carboxylic acids is 4. The fourth-order valence-electron chi connectivity index (χ4n) is 1.44. The molecule has 0 aliphatic heterocycles. The molecule has 136 valence electrons. The highest BCUT2D eigenvalue weighted by molar-refractivity contribution is 5.92. The summed E-state index contributed by atoms with van der Waals surface area (Å²) in [5, 5.41) is 0. The van der Waals surface area contributed by atoms with Crippen LogP contribution in [0.3, 0.4) is 0 Å². The summed E-state index contributed by atoms with van der Waals surface area (Å²) >= 11 is 0. The molecule has 0 atom stereocenters. The molecule has 0 spiro atoms. The lowest BCUT2D eigenvalue weighted by molar-refractivity contribution is -0.255. The van der Waals surface area contributed by atoms with Crippen LogP contribution in [0, 0.1) is 0 Å². The van der Waals surface area contributed by atoms with Crippen LogP contribution >= 0.6 is 0 Å². The summed E-state index contributed by atoms with van der Waals surface area (Å²) in [4.78, 5) is 59.2. The topological polar surface area (TPSA) is 105 Å². The lowest BCUT2D eigenvalue weighted by Crippen LogP contribution is -2.11. The molecule has 0 aliphatic carbocycles. The van der Waals surface area contributed by atoms with E-state index < -0.39 is 23.9 Å². The van der Waals surface area contributed by atoms with E-state index in [2.05, 4.69) is 19.6 Å². The molecule has 0 saturated heterocycles. The first-order valence-corrected chi connectivity index (χ1v) is 7.29. The van der Waals surface area contributed by atoms with Gasteiger partial charge in [0.05, 0.1) is 11.1 Å². The summed E-state index contributed by atoms with van der Waals surface area (Å²) in [6.07, 6.45) is 0. The van der Waals surface area contributed by atoms with E-state index in [-0.39, 0.29) is 0 Å². The van der Waals surface area contributed by atoms with Crippen molar-refractivity contribution in [1.29, 1.82) is 0 Å². The fourth-order valence-corrected chi connectivity index (χ4v) is 1.44. The van der Waals surface area contributed by atoms with Gasteiger partial charge in [0.1, 0.15) is 0 Å². The molecule has 0 radical (unpaired) electrons. The van der Waals surface area contributed by atoms with Gasteiger partial charge in [-0.1, -0.05) is 36.4 Å². The smallest absolute Gasteiger partial charge is 0.248 e. The van der Waals surface area contributed by atoms with Gasteiger partial charge in [-0.3, -0.25) is 0 Å². The lowest BCUT2D eigenvalue weighted by atomic mass is 10.2. The molecular weight excluding hydrogens is 344 g/mol. The van der Waals surface area contributed by atoms with Crippen LogP contribution in [0.15, 0.2) is 60.7 Å². The van der Waals surface area contributed by atoms with Crippen LogP contribution < -0.4 is 0 Å². The minimum absolute atomic E-state index is 0.318. The fraction of sp³-hybridized carbons (Fsp3) is 0.111. The first kappa shape index (κ1) is 20.4. The summed E-state index contributed by atoms with van der Waals surface area (Å²) in [5.74, 6) is -2.69. The highest BCUT2D eigenvalue weighted by Gasteiger charge is 2.13. The monoisotopic (exact) mass is 360 g/mol. The molecule has 0 unspecified atom stereocenters. The average Bonchev–Trinajstić information content (AvgIpc) is 2.66. The van der Waals surface area contributed by atoms with Crippen LogP contribution in [0.25, 0.3) is 0 Å². The summed E-state index contributed by atoms with van der Waals surface area (Å²) < 4.78 is 0. The van der Waals surface area contributed by atoms with Crippen LogP contribution in [0.2, 0.25) is 0 Å². The minimum atomic E-state index is -0.708. The number of hydrogen-bond acceptors (Lipinski definition) is 8. The van der Waals surface area contributed by atoms with Crippen molar-refractivity contribution in [3.8, 4) is 0 Å². The third-order valence-corrected chi connectivity index (χ3v) is 2.49. The molecule has 26 heavy (non-hydrogen) atoms. The third kappa shape index (κ3) is 8.25. The minimum Gasteiger partial charge on any atom is -0.248 e. The van der Waals surface area contributed by atoms with Gasteiger partial charge in [0.25, 0.3) is 0 Å². The Labute approximate surface area is 149 Å². The van der Waals surface area contributed by atoms with E-state index in [9.17, 15) is 19.2 Å². The predicted octanol–water partition coefficient (Wildman–Crippen LogP) is 2.64. The Balaban J connectivity index is 0.000000359. The van der Waals surface area contributed by atoms with E-state index in [1.54, 1.807) is 60.7 Å². The molecule has 2 aromatic rings. The van der Waals surface area contributed by atoms with E-state index in [1.807, 2.05) is 0 Å². The maximum Gasteiger partial charge on any atom is 0.386 e. The largest absolute Gasteiger partial charge is 0.386 e. The van der Waals surface area contributed by atoms with Gasteiger partial charge < -0.3 is 0 Å². The molecule has 0 heterocycles. The van der Waals surface area contributed by atoms with Gasteiger partial charge in [0.2, 0.25) is 0 Å². The first-order chi connectivity index (χ1) is 12.4. The van der Waals surface area contributed by atoms with E-state index in [0.717, 1.165) is 13.8 Å². The SMILES string of the molecule is CC(=O)OOC(C)=O.O=C(OOC(=O)c1ccccc1)c1ccccc1. The summed E-state index contributed by atoms with van der Waals surface area (Å²) in [6.45, 7) is 2.28. The number of carbonyl (C=O) groups is 4. The zero-order valence-corrected chi connectivity index (χ0v) is 14.0. The molecule has 0 fully saturated rings. The summed E-state index contributed by atoms with van der Waals surface area (Å²) in [7, 11) is 0. The van der Waals surface area contributed by atoms with Crippen molar-refractivity contribution >= 4 is 23.9 Å². The van der Waals surface area contributed by atoms with Gasteiger partial charge in [0, 0.05) is 13.8 Å². The van der Waals surface area contributed by atoms with E-state index in [1.165, 1.54) is 0 Å². The standard InChI is InChI=1S/C14H10O4.C4H6O4/c15-13(11-7-3-1-4-8-11)17-18-14(16)12-9-5-2-6-10-12;1-3(5)7-8-4(2)6/h1-10H;1-2H3. The summed E-state index contributed by atoms with van der Waals surface area (Å²) in [6, 6.07) is 16.6. The van der Waals surface area contributed by atoms with Crippen molar-refractivity contribution in [1.82, 2.24) is 0 Å². The van der Waals surface area contributed by atoms with Crippen LogP contribution in [0.4, 0.5) is 0 Å². The zero-order chi connectivity index (χ0) is 19.4. The molecule has 2 rings (SSSR count). The Bertz CT molecular complexity index is 675. The second kappa shape index (κ2) is 11.0. The van der Waals surface area contributed by atoms with Crippen LogP contribution in [0.5, 0.6) is 0 Å². The first-order valence-electron chi connectivity index (χ1n) is 7.29. The molecular formula is C18H16O8. The molecule has 0 saturated carbocycles. The van der Waals surface area contributed by atoms with Gasteiger partial charge in [-0.15, -0.1) is 0 Å². The van der Waals surface area contributed by atoms with Crippen molar-refractivity contribution in [2.75, 3.05) is 0 Å². The number of benzene rings is 2. The Morgan fingerprint density at radius 2 is 0.846 bits per heavy atom. The van der Waals surface area contributed by atoms with Gasteiger partial charge in [-0.25, -0.2) is 38.7 Å². The summed E-state index contributed by atoms with van der Waals surface area (Å²) in [5.41, 5.74) is 0.636. The Kier molecular flexibility index (Phi) is 8.60. The third-order valence-electron chi connectivity index (χ3n) is 2.49. The molecule has 2 aromatic carbocycles. The second-order valence-electron chi connectivity index (χ2n) is 4.62. The van der Waals surface area contributed by atoms with Gasteiger partial charge in [-0.2, -0.15) is 0 Å². The van der Waals surface area contributed by atoms with Crippen molar-refractivity contribution in [3.63, 3.8) is 0 Å². The van der Waals surface area contributed by atoms with Gasteiger partial charge in [-0.05, 0) is 24.3 Å².